The molecule has 1 aliphatic carbocycles. The zero-order chi connectivity index (χ0) is 9.10. The summed E-state index contributed by atoms with van der Waals surface area (Å²) in [5.41, 5.74) is 7.70. The van der Waals surface area contributed by atoms with E-state index in [0.717, 1.165) is 18.7 Å². The van der Waals surface area contributed by atoms with Crippen molar-refractivity contribution in [3.63, 3.8) is 0 Å². The molecule has 1 unspecified atom stereocenters. The van der Waals surface area contributed by atoms with Crippen LogP contribution in [0.5, 0.6) is 0 Å². The number of hydrogen-bond acceptors (Lipinski definition) is 4. The second-order valence-electron chi connectivity index (χ2n) is 3.04. The predicted octanol–water partition coefficient (Wildman–Crippen LogP) is 1.46. The highest BCUT2D eigenvalue weighted by Gasteiger charge is 2.09. The van der Waals surface area contributed by atoms with Crippen LogP contribution in [0.15, 0.2) is 23.6 Å². The number of allylic oxidation sites excluding steroid dienone is 3. The molecule has 0 saturated carbocycles. The lowest BCUT2D eigenvalue weighted by Crippen LogP contribution is -2.12. The number of rotatable bonds is 2. The van der Waals surface area contributed by atoms with E-state index < -0.39 is 0 Å². The predicted molar refractivity (Wildman–Crippen MR) is 54.2 cm³/mol. The molecule has 1 atom stereocenters. The van der Waals surface area contributed by atoms with Crippen LogP contribution in [-0.2, 0) is 0 Å². The van der Waals surface area contributed by atoms with Crippen LogP contribution in [0.2, 0.25) is 0 Å². The van der Waals surface area contributed by atoms with Gasteiger partial charge in [-0.05, 0) is 36.0 Å². The van der Waals surface area contributed by atoms with Crippen molar-refractivity contribution in [3.8, 4) is 0 Å². The van der Waals surface area contributed by atoms with E-state index in [9.17, 15) is 0 Å². The maximum Gasteiger partial charge on any atom is 0.105 e. The molecule has 2 rings (SSSR count). The van der Waals surface area contributed by atoms with Crippen LogP contribution in [0.1, 0.15) is 12.1 Å². The Hall–Kier alpha value is -1.00. The van der Waals surface area contributed by atoms with Crippen LogP contribution in [0.25, 0.3) is 5.57 Å². The molecule has 1 aromatic heterocycles. The maximum atomic E-state index is 5.56. The van der Waals surface area contributed by atoms with Crippen molar-refractivity contribution in [2.24, 2.45) is 11.7 Å². The van der Waals surface area contributed by atoms with Gasteiger partial charge in [-0.2, -0.15) is 0 Å². The molecule has 1 aliphatic rings. The van der Waals surface area contributed by atoms with Gasteiger partial charge in [0.2, 0.25) is 0 Å². The minimum absolute atomic E-state index is 0.496. The largest absolute Gasteiger partial charge is 0.330 e. The minimum Gasteiger partial charge on any atom is -0.330 e. The maximum absolute atomic E-state index is 5.56. The van der Waals surface area contributed by atoms with E-state index in [1.54, 1.807) is 0 Å². The number of aromatic nitrogens is 2. The molecule has 0 saturated heterocycles. The summed E-state index contributed by atoms with van der Waals surface area (Å²) in [7, 11) is 0. The van der Waals surface area contributed by atoms with Crippen molar-refractivity contribution >= 4 is 17.1 Å². The molecule has 4 heteroatoms. The summed E-state index contributed by atoms with van der Waals surface area (Å²) in [4.78, 5) is 0. The highest BCUT2D eigenvalue weighted by molar-refractivity contribution is 7.03. The van der Waals surface area contributed by atoms with E-state index in [-0.39, 0.29) is 0 Å². The van der Waals surface area contributed by atoms with Crippen LogP contribution in [-0.4, -0.2) is 16.1 Å². The Balaban J connectivity index is 2.13. The summed E-state index contributed by atoms with van der Waals surface area (Å²) in [5, 5.41) is 5.97. The molecule has 68 valence electrons. The molecule has 0 bridgehead atoms. The van der Waals surface area contributed by atoms with Crippen molar-refractivity contribution in [3.05, 3.63) is 29.3 Å². The van der Waals surface area contributed by atoms with E-state index in [1.165, 1.54) is 17.1 Å². The third-order valence-electron chi connectivity index (χ3n) is 2.15. The molecule has 0 spiro atoms. The average Bonchev–Trinajstić information content (AvgIpc) is 2.71. The molecular weight excluding hydrogens is 182 g/mol. The molecule has 0 amide bonds. The summed E-state index contributed by atoms with van der Waals surface area (Å²) in [6.07, 6.45) is 7.42. The SMILES string of the molecule is NCC1C=CC(c2csnn2)=CC1. The molecule has 1 aromatic rings. The van der Waals surface area contributed by atoms with Crippen molar-refractivity contribution in [1.82, 2.24) is 9.59 Å². The Bertz CT molecular complexity index is 327. The van der Waals surface area contributed by atoms with E-state index in [1.807, 2.05) is 5.38 Å². The summed E-state index contributed by atoms with van der Waals surface area (Å²) < 4.78 is 3.83. The molecule has 1 heterocycles. The zero-order valence-corrected chi connectivity index (χ0v) is 8.00. The van der Waals surface area contributed by atoms with E-state index in [2.05, 4.69) is 27.8 Å². The highest BCUT2D eigenvalue weighted by Crippen LogP contribution is 2.22. The fourth-order valence-corrected chi connectivity index (χ4v) is 1.79. The quantitative estimate of drug-likeness (QED) is 0.773. The molecule has 0 aromatic carbocycles. The van der Waals surface area contributed by atoms with E-state index in [4.69, 9.17) is 5.73 Å². The van der Waals surface area contributed by atoms with Gasteiger partial charge in [0.25, 0.3) is 0 Å². The van der Waals surface area contributed by atoms with Crippen LogP contribution in [0.4, 0.5) is 0 Å². The fourth-order valence-electron chi connectivity index (χ4n) is 1.32. The van der Waals surface area contributed by atoms with Crippen LogP contribution in [0.3, 0.4) is 0 Å². The highest BCUT2D eigenvalue weighted by atomic mass is 32.1. The number of nitrogens with two attached hydrogens (primary N) is 1. The first-order valence-electron chi connectivity index (χ1n) is 4.26. The molecule has 3 nitrogen and oxygen atoms in total. The first kappa shape index (κ1) is 8.59. The Labute approximate surface area is 81.1 Å². The Kier molecular flexibility index (Phi) is 2.52. The fraction of sp³-hybridized carbons (Fsp3) is 0.333. The third kappa shape index (κ3) is 1.84. The van der Waals surface area contributed by atoms with Gasteiger partial charge in [-0.15, -0.1) is 5.10 Å². The van der Waals surface area contributed by atoms with Crippen LogP contribution >= 0.6 is 11.5 Å². The molecular formula is C9H11N3S. The second-order valence-corrected chi connectivity index (χ2v) is 3.65. The lowest BCUT2D eigenvalue weighted by Gasteiger charge is -2.12. The van der Waals surface area contributed by atoms with Crippen LogP contribution in [0, 0.1) is 5.92 Å². The standard InChI is InChI=1S/C9H11N3S/c10-5-7-1-3-8(4-2-7)9-6-13-12-11-9/h1,3-4,6-7H,2,5,10H2. The monoisotopic (exact) mass is 193 g/mol. The van der Waals surface area contributed by atoms with Crippen molar-refractivity contribution in [1.29, 1.82) is 0 Å². The molecule has 2 N–H and O–H groups in total. The van der Waals surface area contributed by atoms with Gasteiger partial charge in [-0.1, -0.05) is 22.7 Å². The molecule has 13 heavy (non-hydrogen) atoms. The zero-order valence-electron chi connectivity index (χ0n) is 7.18. The smallest absolute Gasteiger partial charge is 0.105 e. The minimum atomic E-state index is 0.496. The van der Waals surface area contributed by atoms with E-state index >= 15 is 0 Å². The Morgan fingerprint density at radius 3 is 3.08 bits per heavy atom. The lowest BCUT2D eigenvalue weighted by atomic mass is 9.96. The normalized spacial score (nSPS) is 21.6. The van der Waals surface area contributed by atoms with E-state index in [0.29, 0.717) is 5.92 Å². The van der Waals surface area contributed by atoms with Gasteiger partial charge < -0.3 is 5.73 Å². The number of nitrogens with zero attached hydrogens (tertiary/aromatic N) is 2. The summed E-state index contributed by atoms with van der Waals surface area (Å²) in [6.45, 7) is 0.718. The average molecular weight is 193 g/mol. The van der Waals surface area contributed by atoms with Crippen molar-refractivity contribution in [2.45, 2.75) is 6.42 Å². The summed E-state index contributed by atoms with van der Waals surface area (Å²) in [6, 6.07) is 0. The Morgan fingerprint density at radius 2 is 2.54 bits per heavy atom. The topological polar surface area (TPSA) is 51.8 Å². The van der Waals surface area contributed by atoms with Gasteiger partial charge in [0.05, 0.1) is 0 Å². The third-order valence-corrected chi connectivity index (χ3v) is 2.65. The molecule has 0 radical (unpaired) electrons. The van der Waals surface area contributed by atoms with Crippen molar-refractivity contribution in [2.75, 3.05) is 6.54 Å². The number of hydrogen-bond donors (Lipinski definition) is 1. The summed E-state index contributed by atoms with van der Waals surface area (Å²) >= 11 is 1.38. The lowest BCUT2D eigenvalue weighted by molar-refractivity contribution is 0.670. The first-order valence-corrected chi connectivity index (χ1v) is 5.09. The molecule has 0 fully saturated rings. The van der Waals surface area contributed by atoms with Gasteiger partial charge in [0.15, 0.2) is 0 Å². The second kappa shape index (κ2) is 3.81. The van der Waals surface area contributed by atoms with Gasteiger partial charge in [0, 0.05) is 5.38 Å². The van der Waals surface area contributed by atoms with Crippen molar-refractivity contribution < 1.29 is 0 Å². The Morgan fingerprint density at radius 1 is 1.62 bits per heavy atom. The van der Waals surface area contributed by atoms with Gasteiger partial charge in [-0.3, -0.25) is 0 Å². The van der Waals surface area contributed by atoms with Gasteiger partial charge in [-0.25, -0.2) is 0 Å². The van der Waals surface area contributed by atoms with Gasteiger partial charge in [0.1, 0.15) is 5.69 Å². The summed E-state index contributed by atoms with van der Waals surface area (Å²) in [5.74, 6) is 0.496. The van der Waals surface area contributed by atoms with Crippen LogP contribution < -0.4 is 5.73 Å². The first-order chi connectivity index (χ1) is 6.40. The molecule has 0 aliphatic heterocycles. The van der Waals surface area contributed by atoms with Gasteiger partial charge >= 0.3 is 0 Å².